The first kappa shape index (κ1) is 12.4. The summed E-state index contributed by atoms with van der Waals surface area (Å²) in [4.78, 5) is 4.40. The summed E-state index contributed by atoms with van der Waals surface area (Å²) >= 11 is 0. The minimum absolute atomic E-state index is 0.536. The molecule has 0 amide bonds. The summed E-state index contributed by atoms with van der Waals surface area (Å²) in [6, 6.07) is 3.66. The number of hydrogen-bond acceptors (Lipinski definition) is 5. The zero-order valence-electron chi connectivity index (χ0n) is 11.1. The van der Waals surface area contributed by atoms with E-state index >= 15 is 0 Å². The Morgan fingerprint density at radius 1 is 1.53 bits per heavy atom. The van der Waals surface area contributed by atoms with Crippen LogP contribution < -0.4 is 5.32 Å². The third kappa shape index (κ3) is 2.87. The first-order chi connectivity index (χ1) is 9.33. The fourth-order valence-corrected chi connectivity index (χ4v) is 2.65. The molecule has 0 saturated carbocycles. The molecule has 102 valence electrons. The van der Waals surface area contributed by atoms with Crippen molar-refractivity contribution in [2.75, 3.05) is 13.1 Å². The first-order valence-corrected chi connectivity index (χ1v) is 6.90. The Hall–Kier alpha value is -1.62. The Morgan fingerprint density at radius 2 is 2.47 bits per heavy atom. The second-order valence-corrected chi connectivity index (χ2v) is 5.28. The van der Waals surface area contributed by atoms with Gasteiger partial charge in [-0.3, -0.25) is 0 Å². The van der Waals surface area contributed by atoms with E-state index in [9.17, 15) is 0 Å². The van der Waals surface area contributed by atoms with Crippen molar-refractivity contribution in [3.8, 4) is 11.6 Å². The average molecular weight is 261 g/mol. The van der Waals surface area contributed by atoms with Gasteiger partial charge in [0.1, 0.15) is 0 Å². The monoisotopic (exact) mass is 261 g/mol. The van der Waals surface area contributed by atoms with Crippen LogP contribution in [0.2, 0.25) is 0 Å². The Balaban J connectivity index is 1.63. The van der Waals surface area contributed by atoms with Crippen LogP contribution in [0.4, 0.5) is 0 Å². The van der Waals surface area contributed by atoms with Gasteiger partial charge in [0.2, 0.25) is 11.7 Å². The van der Waals surface area contributed by atoms with Crippen LogP contribution in [0.15, 0.2) is 27.3 Å². The van der Waals surface area contributed by atoms with Gasteiger partial charge in [-0.25, -0.2) is 0 Å². The molecule has 0 bridgehead atoms. The van der Waals surface area contributed by atoms with Crippen molar-refractivity contribution < 1.29 is 8.94 Å². The predicted octanol–water partition coefficient (Wildman–Crippen LogP) is 2.51. The summed E-state index contributed by atoms with van der Waals surface area (Å²) in [6.07, 6.45) is 4.99. The predicted molar refractivity (Wildman–Crippen MR) is 70.5 cm³/mol. The van der Waals surface area contributed by atoms with Crippen molar-refractivity contribution in [3.63, 3.8) is 0 Å². The maximum Gasteiger partial charge on any atom is 0.238 e. The van der Waals surface area contributed by atoms with Crippen LogP contribution in [0.25, 0.3) is 11.6 Å². The summed E-state index contributed by atoms with van der Waals surface area (Å²) in [5.41, 5.74) is 0. The molecule has 3 rings (SSSR count). The molecule has 1 N–H and O–H groups in total. The third-order valence-electron chi connectivity index (χ3n) is 3.85. The molecule has 2 aromatic heterocycles. The molecule has 0 radical (unpaired) electrons. The lowest BCUT2D eigenvalue weighted by Crippen LogP contribution is -2.33. The second-order valence-electron chi connectivity index (χ2n) is 5.28. The molecule has 1 aliphatic rings. The molecule has 0 aromatic carbocycles. The van der Waals surface area contributed by atoms with E-state index in [-0.39, 0.29) is 0 Å². The fourth-order valence-electron chi connectivity index (χ4n) is 2.65. The Labute approximate surface area is 112 Å². The molecule has 0 aliphatic carbocycles. The highest BCUT2D eigenvalue weighted by Crippen LogP contribution is 2.24. The molecule has 0 spiro atoms. The first-order valence-electron chi connectivity index (χ1n) is 6.90. The van der Waals surface area contributed by atoms with Crippen LogP contribution in [-0.2, 0) is 6.42 Å². The number of furan rings is 1. The Morgan fingerprint density at radius 3 is 3.21 bits per heavy atom. The van der Waals surface area contributed by atoms with Crippen LogP contribution in [0.3, 0.4) is 0 Å². The third-order valence-corrected chi connectivity index (χ3v) is 3.85. The highest BCUT2D eigenvalue weighted by molar-refractivity contribution is 5.44. The number of piperidine rings is 1. The highest BCUT2D eigenvalue weighted by Gasteiger charge is 2.22. The van der Waals surface area contributed by atoms with E-state index in [1.165, 1.54) is 12.8 Å². The van der Waals surface area contributed by atoms with Gasteiger partial charge in [-0.2, -0.15) is 4.98 Å². The summed E-state index contributed by atoms with van der Waals surface area (Å²) in [5, 5.41) is 7.41. The van der Waals surface area contributed by atoms with Crippen LogP contribution in [0, 0.1) is 11.8 Å². The van der Waals surface area contributed by atoms with Gasteiger partial charge in [0.25, 0.3) is 0 Å². The topological polar surface area (TPSA) is 64.1 Å². The minimum atomic E-state index is 0.536. The fraction of sp³-hybridized carbons (Fsp3) is 0.571. The largest absolute Gasteiger partial charge is 0.461 e. The maximum absolute atomic E-state index is 5.31. The Kier molecular flexibility index (Phi) is 3.64. The molecule has 5 heteroatoms. The summed E-state index contributed by atoms with van der Waals surface area (Å²) in [5.74, 6) is 3.14. The van der Waals surface area contributed by atoms with Crippen molar-refractivity contribution in [2.45, 2.75) is 26.2 Å². The molecule has 2 atom stereocenters. The van der Waals surface area contributed by atoms with Gasteiger partial charge in [-0.1, -0.05) is 12.1 Å². The van der Waals surface area contributed by atoms with Gasteiger partial charge in [0.15, 0.2) is 5.76 Å². The van der Waals surface area contributed by atoms with E-state index < -0.39 is 0 Å². The van der Waals surface area contributed by atoms with Crippen molar-refractivity contribution in [2.24, 2.45) is 11.8 Å². The number of hydrogen-bond donors (Lipinski definition) is 1. The molecule has 5 nitrogen and oxygen atoms in total. The van der Waals surface area contributed by atoms with E-state index in [4.69, 9.17) is 8.94 Å². The van der Waals surface area contributed by atoms with Crippen molar-refractivity contribution in [1.29, 1.82) is 0 Å². The molecular weight excluding hydrogens is 242 g/mol. The van der Waals surface area contributed by atoms with Crippen molar-refractivity contribution in [1.82, 2.24) is 15.5 Å². The standard InChI is InChI=1S/C14H19N3O2/c1-10(11-4-2-6-15-9-11)8-13-16-14(17-19-13)12-5-3-7-18-12/h3,5,7,10-11,15H,2,4,6,8-9H2,1H3. The van der Waals surface area contributed by atoms with Crippen molar-refractivity contribution in [3.05, 3.63) is 24.3 Å². The average Bonchev–Trinajstić information content (AvgIpc) is 3.10. The van der Waals surface area contributed by atoms with E-state index in [1.54, 1.807) is 6.26 Å². The molecule has 1 fully saturated rings. The second kappa shape index (κ2) is 5.57. The van der Waals surface area contributed by atoms with Gasteiger partial charge in [0.05, 0.1) is 6.26 Å². The molecule has 2 aromatic rings. The number of nitrogens with zero attached hydrogens (tertiary/aromatic N) is 2. The van der Waals surface area contributed by atoms with Gasteiger partial charge in [-0.05, 0) is 49.9 Å². The van der Waals surface area contributed by atoms with Crippen LogP contribution in [0.5, 0.6) is 0 Å². The molecular formula is C14H19N3O2. The van der Waals surface area contributed by atoms with E-state index in [2.05, 4.69) is 22.4 Å². The maximum atomic E-state index is 5.31. The normalized spacial score (nSPS) is 21.4. The lowest BCUT2D eigenvalue weighted by Gasteiger charge is -2.27. The van der Waals surface area contributed by atoms with Crippen LogP contribution >= 0.6 is 0 Å². The summed E-state index contributed by atoms with van der Waals surface area (Å²) in [6.45, 7) is 4.50. The lowest BCUT2D eigenvalue weighted by molar-refractivity contribution is 0.257. The van der Waals surface area contributed by atoms with E-state index in [0.717, 1.165) is 19.5 Å². The van der Waals surface area contributed by atoms with Gasteiger partial charge in [0, 0.05) is 6.42 Å². The highest BCUT2D eigenvalue weighted by atomic mass is 16.5. The summed E-state index contributed by atoms with van der Waals surface area (Å²) < 4.78 is 10.6. The lowest BCUT2D eigenvalue weighted by atomic mass is 9.85. The van der Waals surface area contributed by atoms with Crippen LogP contribution in [-0.4, -0.2) is 23.2 Å². The SMILES string of the molecule is CC(Cc1nc(-c2ccco2)no1)C1CCCNC1. The molecule has 1 saturated heterocycles. The minimum Gasteiger partial charge on any atom is -0.461 e. The van der Waals surface area contributed by atoms with E-state index in [0.29, 0.717) is 29.3 Å². The summed E-state index contributed by atoms with van der Waals surface area (Å²) in [7, 11) is 0. The quantitative estimate of drug-likeness (QED) is 0.916. The molecule has 3 heterocycles. The van der Waals surface area contributed by atoms with Gasteiger partial charge >= 0.3 is 0 Å². The molecule has 19 heavy (non-hydrogen) atoms. The van der Waals surface area contributed by atoms with E-state index in [1.807, 2.05) is 12.1 Å². The van der Waals surface area contributed by atoms with Crippen molar-refractivity contribution >= 4 is 0 Å². The smallest absolute Gasteiger partial charge is 0.238 e. The molecule has 1 aliphatic heterocycles. The number of rotatable bonds is 4. The Bertz CT molecular complexity index is 501. The number of aromatic nitrogens is 2. The molecule has 2 unspecified atom stereocenters. The zero-order chi connectivity index (χ0) is 13.1. The van der Waals surface area contributed by atoms with Gasteiger partial charge < -0.3 is 14.3 Å². The van der Waals surface area contributed by atoms with Crippen LogP contribution in [0.1, 0.15) is 25.7 Å². The van der Waals surface area contributed by atoms with Gasteiger partial charge in [-0.15, -0.1) is 0 Å². The number of nitrogens with one attached hydrogen (secondary N) is 1. The zero-order valence-corrected chi connectivity index (χ0v) is 11.1.